The molecule has 0 heterocycles. The van der Waals surface area contributed by atoms with E-state index in [-0.39, 0.29) is 5.82 Å². The molecule has 26 heavy (non-hydrogen) atoms. The number of nitrogens with one attached hydrogen (secondary N) is 1. The van der Waals surface area contributed by atoms with Crippen LogP contribution >= 0.6 is 11.6 Å². The van der Waals surface area contributed by atoms with E-state index in [1.165, 1.54) is 6.07 Å². The Kier molecular flexibility index (Phi) is 6.64. The molecule has 0 aliphatic carbocycles. The van der Waals surface area contributed by atoms with E-state index in [4.69, 9.17) is 16.3 Å². The zero-order chi connectivity index (χ0) is 18.2. The van der Waals surface area contributed by atoms with Crippen molar-refractivity contribution in [3.63, 3.8) is 0 Å². The molecule has 0 bridgehead atoms. The number of ether oxygens (including phenoxy) is 1. The highest BCUT2D eigenvalue weighted by Gasteiger charge is 2.03. The van der Waals surface area contributed by atoms with E-state index in [0.717, 1.165) is 22.4 Å². The fourth-order valence-electron chi connectivity index (χ4n) is 2.68. The molecular formula is C22H21ClFNO. The van der Waals surface area contributed by atoms with E-state index in [0.29, 0.717) is 31.1 Å². The van der Waals surface area contributed by atoms with Gasteiger partial charge in [0, 0.05) is 17.1 Å². The maximum atomic E-state index is 13.6. The summed E-state index contributed by atoms with van der Waals surface area (Å²) in [4.78, 5) is 0. The molecule has 3 aromatic carbocycles. The lowest BCUT2D eigenvalue weighted by atomic mass is 10.1. The summed E-state index contributed by atoms with van der Waals surface area (Å²) in [5.74, 6) is 0.655. The van der Waals surface area contributed by atoms with Crippen LogP contribution in [0.5, 0.6) is 5.75 Å². The Morgan fingerprint density at radius 2 is 1.65 bits per heavy atom. The maximum absolute atomic E-state index is 13.6. The van der Waals surface area contributed by atoms with Gasteiger partial charge in [0.25, 0.3) is 0 Å². The molecule has 0 saturated heterocycles. The first-order chi connectivity index (χ1) is 12.7. The second-order valence-corrected chi connectivity index (χ2v) is 6.45. The van der Waals surface area contributed by atoms with Crippen molar-refractivity contribution in [3.05, 3.63) is 100 Å². The minimum absolute atomic E-state index is 0.149. The highest BCUT2D eigenvalue weighted by Crippen LogP contribution is 2.19. The van der Waals surface area contributed by atoms with Gasteiger partial charge >= 0.3 is 0 Å². The lowest BCUT2D eigenvalue weighted by Gasteiger charge is -2.10. The first-order valence-corrected chi connectivity index (χ1v) is 8.99. The molecular weight excluding hydrogens is 349 g/mol. The second kappa shape index (κ2) is 9.37. The lowest BCUT2D eigenvalue weighted by Crippen LogP contribution is -2.17. The predicted molar refractivity (Wildman–Crippen MR) is 104 cm³/mol. The minimum Gasteiger partial charge on any atom is -0.489 e. The number of hydrogen-bond donors (Lipinski definition) is 1. The topological polar surface area (TPSA) is 21.3 Å². The van der Waals surface area contributed by atoms with Gasteiger partial charge < -0.3 is 10.1 Å². The van der Waals surface area contributed by atoms with Crippen LogP contribution in [0, 0.1) is 5.82 Å². The van der Waals surface area contributed by atoms with Crippen molar-refractivity contribution in [1.29, 1.82) is 0 Å². The monoisotopic (exact) mass is 369 g/mol. The molecule has 0 atom stereocenters. The third-order valence-corrected chi connectivity index (χ3v) is 4.48. The average molecular weight is 370 g/mol. The summed E-state index contributed by atoms with van der Waals surface area (Å²) < 4.78 is 19.4. The van der Waals surface area contributed by atoms with Gasteiger partial charge in [-0.1, -0.05) is 60.1 Å². The van der Waals surface area contributed by atoms with Crippen LogP contribution in [0.25, 0.3) is 0 Å². The molecule has 3 aromatic rings. The Morgan fingerprint density at radius 3 is 2.46 bits per heavy atom. The molecule has 0 amide bonds. The number of halogens is 2. The van der Waals surface area contributed by atoms with Gasteiger partial charge in [-0.15, -0.1) is 0 Å². The first-order valence-electron chi connectivity index (χ1n) is 8.61. The third kappa shape index (κ3) is 5.32. The standard InChI is InChI=1S/C22H21ClFNO/c23-21-10-3-1-8-19(21)16-26-20-9-5-6-17(14-20)15-25-13-12-18-7-2-4-11-22(18)24/h1-11,14,25H,12-13,15-16H2. The summed E-state index contributed by atoms with van der Waals surface area (Å²) in [5.41, 5.74) is 2.81. The van der Waals surface area contributed by atoms with Gasteiger partial charge in [0.2, 0.25) is 0 Å². The van der Waals surface area contributed by atoms with Crippen LogP contribution in [0.1, 0.15) is 16.7 Å². The normalized spacial score (nSPS) is 10.7. The van der Waals surface area contributed by atoms with Crippen molar-refractivity contribution in [1.82, 2.24) is 5.32 Å². The smallest absolute Gasteiger partial charge is 0.126 e. The second-order valence-electron chi connectivity index (χ2n) is 6.05. The Bertz CT molecular complexity index is 853. The van der Waals surface area contributed by atoms with Crippen molar-refractivity contribution < 1.29 is 9.13 Å². The minimum atomic E-state index is -0.149. The van der Waals surface area contributed by atoms with E-state index >= 15 is 0 Å². The molecule has 134 valence electrons. The van der Waals surface area contributed by atoms with Gasteiger partial charge in [-0.05, 0) is 48.4 Å². The molecule has 0 aliphatic heterocycles. The zero-order valence-corrected chi connectivity index (χ0v) is 15.2. The van der Waals surface area contributed by atoms with E-state index < -0.39 is 0 Å². The van der Waals surface area contributed by atoms with Crippen LogP contribution in [0.4, 0.5) is 4.39 Å². The number of benzene rings is 3. The number of hydrogen-bond acceptors (Lipinski definition) is 2. The predicted octanol–water partition coefficient (Wildman–Crippen LogP) is 5.39. The van der Waals surface area contributed by atoms with Gasteiger partial charge in [0.1, 0.15) is 18.2 Å². The van der Waals surface area contributed by atoms with Crippen LogP contribution in [0.15, 0.2) is 72.8 Å². The highest BCUT2D eigenvalue weighted by atomic mass is 35.5. The molecule has 1 N–H and O–H groups in total. The summed E-state index contributed by atoms with van der Waals surface area (Å²) in [7, 11) is 0. The van der Waals surface area contributed by atoms with Crippen LogP contribution in [0.3, 0.4) is 0 Å². The first kappa shape index (κ1) is 18.4. The molecule has 0 radical (unpaired) electrons. The summed E-state index contributed by atoms with van der Waals surface area (Å²) in [5, 5.41) is 4.05. The van der Waals surface area contributed by atoms with Crippen molar-refractivity contribution in [2.24, 2.45) is 0 Å². The van der Waals surface area contributed by atoms with E-state index in [1.54, 1.807) is 6.07 Å². The molecule has 2 nitrogen and oxygen atoms in total. The van der Waals surface area contributed by atoms with Crippen molar-refractivity contribution in [2.45, 2.75) is 19.6 Å². The van der Waals surface area contributed by atoms with Gasteiger partial charge in [0.15, 0.2) is 0 Å². The van der Waals surface area contributed by atoms with Gasteiger partial charge in [-0.3, -0.25) is 0 Å². The van der Waals surface area contributed by atoms with E-state index in [9.17, 15) is 4.39 Å². The van der Waals surface area contributed by atoms with Gasteiger partial charge in [-0.25, -0.2) is 4.39 Å². The Hall–Kier alpha value is -2.36. The number of rotatable bonds is 8. The Labute approximate surface area is 158 Å². The summed E-state index contributed by atoms with van der Waals surface area (Å²) in [6.45, 7) is 1.85. The van der Waals surface area contributed by atoms with E-state index in [1.807, 2.05) is 60.7 Å². The summed E-state index contributed by atoms with van der Waals surface area (Å²) >= 11 is 6.15. The SMILES string of the molecule is Fc1ccccc1CCNCc1cccc(OCc2ccccc2Cl)c1. The largest absolute Gasteiger partial charge is 0.489 e. The van der Waals surface area contributed by atoms with Crippen LogP contribution < -0.4 is 10.1 Å². The average Bonchev–Trinajstić information content (AvgIpc) is 2.66. The molecule has 0 unspecified atom stereocenters. The van der Waals surface area contributed by atoms with E-state index in [2.05, 4.69) is 5.32 Å². The Balaban J connectivity index is 1.48. The van der Waals surface area contributed by atoms with Crippen molar-refractivity contribution in [2.75, 3.05) is 6.54 Å². The molecule has 0 saturated carbocycles. The molecule has 0 fully saturated rings. The fraction of sp³-hybridized carbons (Fsp3) is 0.182. The third-order valence-electron chi connectivity index (χ3n) is 4.11. The van der Waals surface area contributed by atoms with Crippen LogP contribution in [-0.4, -0.2) is 6.54 Å². The molecule has 0 spiro atoms. The molecule has 0 aliphatic rings. The van der Waals surface area contributed by atoms with Gasteiger partial charge in [0.05, 0.1) is 0 Å². The van der Waals surface area contributed by atoms with Gasteiger partial charge in [-0.2, -0.15) is 0 Å². The highest BCUT2D eigenvalue weighted by molar-refractivity contribution is 6.31. The molecule has 4 heteroatoms. The fourth-order valence-corrected chi connectivity index (χ4v) is 2.87. The van der Waals surface area contributed by atoms with Crippen LogP contribution in [0.2, 0.25) is 5.02 Å². The molecule has 3 rings (SSSR count). The molecule has 0 aromatic heterocycles. The quantitative estimate of drug-likeness (QED) is 0.537. The maximum Gasteiger partial charge on any atom is 0.126 e. The summed E-state index contributed by atoms with van der Waals surface area (Å²) in [6.07, 6.45) is 0.662. The lowest BCUT2D eigenvalue weighted by molar-refractivity contribution is 0.306. The van der Waals surface area contributed by atoms with Crippen molar-refractivity contribution in [3.8, 4) is 5.75 Å². The zero-order valence-electron chi connectivity index (χ0n) is 14.4. The van der Waals surface area contributed by atoms with Crippen LogP contribution in [-0.2, 0) is 19.6 Å². The summed E-state index contributed by atoms with van der Waals surface area (Å²) in [6, 6.07) is 22.5. The van der Waals surface area contributed by atoms with Crippen molar-refractivity contribution >= 4 is 11.6 Å². The Morgan fingerprint density at radius 1 is 0.885 bits per heavy atom.